The molecule has 1 unspecified atom stereocenters. The molecule has 34 heavy (non-hydrogen) atoms. The summed E-state index contributed by atoms with van der Waals surface area (Å²) in [6, 6.07) is 4.77. The average molecular weight is 477 g/mol. The monoisotopic (exact) mass is 477 g/mol. The molecule has 2 saturated heterocycles. The van der Waals surface area contributed by atoms with Crippen molar-refractivity contribution in [3.05, 3.63) is 24.0 Å². The molecule has 1 atom stereocenters. The summed E-state index contributed by atoms with van der Waals surface area (Å²) in [4.78, 5) is 38.4. The van der Waals surface area contributed by atoms with Gasteiger partial charge in [-0.25, -0.2) is 14.0 Å². The number of rotatable bonds is 6. The van der Waals surface area contributed by atoms with Gasteiger partial charge in [-0.3, -0.25) is 14.7 Å². The maximum atomic E-state index is 15.0. The Balaban J connectivity index is 1.31. The van der Waals surface area contributed by atoms with E-state index in [1.54, 1.807) is 24.1 Å². The van der Waals surface area contributed by atoms with Crippen LogP contribution in [-0.2, 0) is 14.3 Å². The highest BCUT2D eigenvalue weighted by Crippen LogP contribution is 2.30. The molecular weight excluding hydrogens is 449 g/mol. The van der Waals surface area contributed by atoms with Crippen molar-refractivity contribution in [3.63, 3.8) is 0 Å². The van der Waals surface area contributed by atoms with E-state index in [0.29, 0.717) is 24.5 Å². The summed E-state index contributed by atoms with van der Waals surface area (Å²) in [7, 11) is 0. The maximum absolute atomic E-state index is 15.0. The Bertz CT molecular complexity index is 969. The van der Waals surface area contributed by atoms with Crippen molar-refractivity contribution < 1.29 is 28.2 Å². The quantitative estimate of drug-likeness (QED) is 0.667. The Kier molecular flexibility index (Phi) is 6.98. The Morgan fingerprint density at radius 3 is 2.71 bits per heavy atom. The van der Waals surface area contributed by atoms with Crippen molar-refractivity contribution in [1.29, 1.82) is 0 Å². The molecule has 12 nitrogen and oxygen atoms in total. The van der Waals surface area contributed by atoms with Crippen molar-refractivity contribution >= 4 is 29.5 Å². The number of ether oxygens (including phenoxy) is 2. The van der Waals surface area contributed by atoms with E-state index >= 15 is 0 Å². The van der Waals surface area contributed by atoms with E-state index in [4.69, 9.17) is 9.47 Å². The van der Waals surface area contributed by atoms with Crippen LogP contribution in [0.5, 0.6) is 0 Å². The van der Waals surface area contributed by atoms with E-state index in [1.807, 2.05) is 4.90 Å². The minimum absolute atomic E-state index is 0.0849. The number of hydrogen-bond acceptors (Lipinski definition) is 9. The molecule has 1 N–H and O–H groups in total. The third-order valence-electron chi connectivity index (χ3n) is 5.94. The molecule has 0 bridgehead atoms. The van der Waals surface area contributed by atoms with Gasteiger partial charge >= 0.3 is 12.2 Å². The fraction of sp³-hybridized carbons (Fsp3) is 0.571. The smallest absolute Gasteiger partial charge is 0.433 e. The summed E-state index contributed by atoms with van der Waals surface area (Å²) in [5.41, 5.74) is 0.865. The van der Waals surface area contributed by atoms with E-state index < -0.39 is 24.1 Å². The maximum Gasteiger partial charge on any atom is 0.433 e. The molecule has 13 heteroatoms. The Labute approximate surface area is 196 Å². The number of benzene rings is 1. The average Bonchev–Trinajstić information content (AvgIpc) is 3.45. The lowest BCUT2D eigenvalue weighted by Gasteiger charge is -2.36. The van der Waals surface area contributed by atoms with E-state index in [9.17, 15) is 18.8 Å². The van der Waals surface area contributed by atoms with E-state index in [-0.39, 0.29) is 38.3 Å². The summed E-state index contributed by atoms with van der Waals surface area (Å²) < 4.78 is 25.2. The van der Waals surface area contributed by atoms with Gasteiger partial charge in [0.15, 0.2) is 0 Å². The number of carbonyl (C=O) groups excluding carboxylic acids is 3. The van der Waals surface area contributed by atoms with Crippen LogP contribution in [0.1, 0.15) is 26.7 Å². The highest BCUT2D eigenvalue weighted by atomic mass is 19.1. The highest BCUT2D eigenvalue weighted by molar-refractivity contribution is 5.90. The lowest BCUT2D eigenvalue weighted by Crippen LogP contribution is -2.44. The fourth-order valence-electron chi connectivity index (χ4n) is 4.20. The molecule has 3 aliphatic heterocycles. The van der Waals surface area contributed by atoms with E-state index in [0.717, 1.165) is 12.8 Å². The normalized spacial score (nSPS) is 20.7. The molecule has 1 aromatic rings. The number of halogens is 1. The fourth-order valence-corrected chi connectivity index (χ4v) is 4.20. The zero-order valence-corrected chi connectivity index (χ0v) is 19.1. The van der Waals surface area contributed by atoms with Crippen LogP contribution in [0.25, 0.3) is 0 Å². The molecule has 0 radical (unpaired) electrons. The molecule has 184 valence electrons. The zero-order valence-electron chi connectivity index (χ0n) is 19.1. The van der Waals surface area contributed by atoms with Crippen LogP contribution < -0.4 is 15.1 Å². The van der Waals surface area contributed by atoms with Crippen molar-refractivity contribution in [2.24, 2.45) is 10.4 Å². The molecule has 2 fully saturated rings. The molecule has 0 spiro atoms. The Morgan fingerprint density at radius 1 is 1.26 bits per heavy atom. The van der Waals surface area contributed by atoms with Gasteiger partial charge in [0.05, 0.1) is 37.1 Å². The van der Waals surface area contributed by atoms with Crippen LogP contribution in [0.2, 0.25) is 0 Å². The Hall–Kier alpha value is -3.64. The predicted octanol–water partition coefficient (Wildman–Crippen LogP) is 2.27. The first-order valence-electron chi connectivity index (χ1n) is 11.2. The summed E-state index contributed by atoms with van der Waals surface area (Å²) in [6.45, 7) is 5.28. The first-order chi connectivity index (χ1) is 16.4. The van der Waals surface area contributed by atoms with Gasteiger partial charge in [0, 0.05) is 20.0 Å². The lowest BCUT2D eigenvalue weighted by atomic mass is 10.0. The summed E-state index contributed by atoms with van der Waals surface area (Å²) in [6.07, 6.45) is -0.141. The highest BCUT2D eigenvalue weighted by Gasteiger charge is 2.34. The number of nitrogens with zero attached hydrogens (tertiary/aromatic N) is 6. The molecule has 3 amide bonds. The number of anilines is 2. The van der Waals surface area contributed by atoms with Crippen LogP contribution in [0.3, 0.4) is 0 Å². The van der Waals surface area contributed by atoms with Crippen LogP contribution in [0, 0.1) is 5.82 Å². The van der Waals surface area contributed by atoms with Gasteiger partial charge in [-0.2, -0.15) is 5.01 Å². The summed E-state index contributed by atoms with van der Waals surface area (Å²) in [5, 5.41) is 13.5. The standard InChI is InChI=1S/C21H28FN7O5/c1-3-33-21(32)29-13-28(24-25-29)15-6-8-26(9-7-15)19-5-4-16(10-18(19)22)27-12-17(34-20(27)31)11-23-14(2)30/h4-5,10,15,17H,3,6-9,11-13H2,1-2H3,(H,23,30). The van der Waals surface area contributed by atoms with Crippen molar-refractivity contribution in [2.75, 3.05) is 49.3 Å². The van der Waals surface area contributed by atoms with Crippen LogP contribution >= 0.6 is 0 Å². The van der Waals surface area contributed by atoms with Crippen molar-refractivity contribution in [2.45, 2.75) is 38.8 Å². The number of cyclic esters (lactones) is 1. The largest absolute Gasteiger partial charge is 0.448 e. The molecule has 1 aromatic carbocycles. The topological polar surface area (TPSA) is 119 Å². The van der Waals surface area contributed by atoms with Crippen LogP contribution in [0.15, 0.2) is 28.6 Å². The number of nitrogens with one attached hydrogen (secondary N) is 1. The van der Waals surface area contributed by atoms with Gasteiger partial charge in [-0.15, -0.1) is 0 Å². The van der Waals surface area contributed by atoms with Gasteiger partial charge < -0.3 is 19.7 Å². The minimum Gasteiger partial charge on any atom is -0.448 e. The summed E-state index contributed by atoms with van der Waals surface area (Å²) >= 11 is 0. The number of hydrogen-bond donors (Lipinski definition) is 1. The molecule has 4 rings (SSSR count). The predicted molar refractivity (Wildman–Crippen MR) is 118 cm³/mol. The second-order valence-electron chi connectivity index (χ2n) is 8.27. The first-order valence-corrected chi connectivity index (χ1v) is 11.2. The van der Waals surface area contributed by atoms with Crippen molar-refractivity contribution in [3.8, 4) is 0 Å². The van der Waals surface area contributed by atoms with Crippen LogP contribution in [0.4, 0.5) is 25.4 Å². The van der Waals surface area contributed by atoms with E-state index in [1.165, 1.54) is 22.9 Å². The van der Waals surface area contributed by atoms with Gasteiger partial charge in [0.2, 0.25) is 5.91 Å². The van der Waals surface area contributed by atoms with Gasteiger partial charge in [0.25, 0.3) is 0 Å². The molecule has 3 aliphatic rings. The SMILES string of the molecule is CCOC(=O)N1CN(C2CCN(c3ccc(N4CC(CNC(C)=O)OC4=O)cc3F)CC2)N=N1. The van der Waals surface area contributed by atoms with Crippen LogP contribution in [-0.4, -0.2) is 79.7 Å². The van der Waals surface area contributed by atoms with E-state index in [2.05, 4.69) is 15.8 Å². The number of piperidine rings is 1. The second kappa shape index (κ2) is 10.1. The van der Waals surface area contributed by atoms with Gasteiger partial charge in [-0.1, -0.05) is 5.22 Å². The lowest BCUT2D eigenvalue weighted by molar-refractivity contribution is -0.119. The molecule has 0 aromatic heterocycles. The first kappa shape index (κ1) is 23.5. The third kappa shape index (κ3) is 5.13. The Morgan fingerprint density at radius 2 is 2.03 bits per heavy atom. The molecule has 0 saturated carbocycles. The third-order valence-corrected chi connectivity index (χ3v) is 5.94. The zero-order chi connectivity index (χ0) is 24.2. The number of carbonyl (C=O) groups is 3. The molecule has 3 heterocycles. The molecule has 0 aliphatic carbocycles. The molecular formula is C21H28FN7O5. The van der Waals surface area contributed by atoms with Crippen molar-refractivity contribution in [1.82, 2.24) is 15.3 Å². The second-order valence-corrected chi connectivity index (χ2v) is 8.27. The minimum atomic E-state index is -0.569. The van der Waals surface area contributed by atoms with Gasteiger partial charge in [-0.05, 0) is 43.2 Å². The number of amides is 3. The van der Waals surface area contributed by atoms with Gasteiger partial charge in [0.1, 0.15) is 18.6 Å². The summed E-state index contributed by atoms with van der Waals surface area (Å²) in [5.74, 6) is -0.638.